The second-order valence-electron chi connectivity index (χ2n) is 7.09. The van der Waals surface area contributed by atoms with E-state index in [2.05, 4.69) is 0 Å². The van der Waals surface area contributed by atoms with Crippen LogP contribution in [0.25, 0.3) is 0 Å². The average molecular weight is 373 g/mol. The van der Waals surface area contributed by atoms with Crippen LogP contribution in [0.4, 0.5) is 0 Å². The molecular weight excluding hydrogens is 346 g/mol. The molecule has 2 aliphatic rings. The van der Waals surface area contributed by atoms with Crippen molar-refractivity contribution in [2.45, 2.75) is 19.8 Å². The summed E-state index contributed by atoms with van der Waals surface area (Å²) in [5, 5.41) is 0. The molecule has 1 aromatic carbocycles. The highest BCUT2D eigenvalue weighted by molar-refractivity contribution is 5.81. The SMILES string of the molecule is CC(=O)N1CCN(C(=O)C2CCN(C(=O)COc3ccccc3)CC2)CC1. The van der Waals surface area contributed by atoms with Crippen LogP contribution in [0.3, 0.4) is 0 Å². The fraction of sp³-hybridized carbons (Fsp3) is 0.550. The smallest absolute Gasteiger partial charge is 0.260 e. The van der Waals surface area contributed by atoms with Gasteiger partial charge in [0, 0.05) is 52.1 Å². The van der Waals surface area contributed by atoms with E-state index in [1.165, 1.54) is 0 Å². The first-order valence-electron chi connectivity index (χ1n) is 9.54. The molecule has 0 aliphatic carbocycles. The van der Waals surface area contributed by atoms with Crippen molar-refractivity contribution in [1.82, 2.24) is 14.7 Å². The minimum absolute atomic E-state index is 0.0234. The van der Waals surface area contributed by atoms with Gasteiger partial charge in [0.05, 0.1) is 0 Å². The number of hydrogen-bond donors (Lipinski definition) is 0. The van der Waals surface area contributed by atoms with Gasteiger partial charge in [0.2, 0.25) is 11.8 Å². The highest BCUT2D eigenvalue weighted by Gasteiger charge is 2.32. The number of benzene rings is 1. The van der Waals surface area contributed by atoms with Gasteiger partial charge in [-0.05, 0) is 25.0 Å². The summed E-state index contributed by atoms with van der Waals surface area (Å²) in [6.45, 7) is 5.17. The standard InChI is InChI=1S/C20H27N3O4/c1-16(24)21-11-13-23(14-12-21)20(26)17-7-9-22(10-8-17)19(25)15-27-18-5-3-2-4-6-18/h2-6,17H,7-15H2,1H3. The molecule has 3 amide bonds. The highest BCUT2D eigenvalue weighted by Crippen LogP contribution is 2.21. The Labute approximate surface area is 159 Å². The van der Waals surface area contributed by atoms with E-state index in [9.17, 15) is 14.4 Å². The molecule has 2 aliphatic heterocycles. The maximum absolute atomic E-state index is 12.7. The fourth-order valence-corrected chi connectivity index (χ4v) is 3.63. The van der Waals surface area contributed by atoms with Crippen molar-refractivity contribution in [1.29, 1.82) is 0 Å². The van der Waals surface area contributed by atoms with Gasteiger partial charge in [-0.2, -0.15) is 0 Å². The van der Waals surface area contributed by atoms with Gasteiger partial charge in [-0.15, -0.1) is 0 Å². The lowest BCUT2D eigenvalue weighted by atomic mass is 9.95. The predicted molar refractivity (Wildman–Crippen MR) is 100 cm³/mol. The zero-order chi connectivity index (χ0) is 19.2. The van der Waals surface area contributed by atoms with Crippen molar-refractivity contribution >= 4 is 17.7 Å². The Balaban J connectivity index is 1.41. The predicted octanol–water partition coefficient (Wildman–Crippen LogP) is 0.995. The third-order valence-electron chi connectivity index (χ3n) is 5.34. The number of ether oxygens (including phenoxy) is 1. The molecule has 2 saturated heterocycles. The van der Waals surface area contributed by atoms with E-state index in [1.807, 2.05) is 35.2 Å². The fourth-order valence-electron chi connectivity index (χ4n) is 3.63. The van der Waals surface area contributed by atoms with Crippen LogP contribution in [0.15, 0.2) is 30.3 Å². The zero-order valence-electron chi connectivity index (χ0n) is 15.8. The Bertz CT molecular complexity index is 663. The summed E-state index contributed by atoms with van der Waals surface area (Å²) in [6, 6.07) is 9.28. The first-order valence-corrected chi connectivity index (χ1v) is 9.54. The summed E-state index contributed by atoms with van der Waals surface area (Å²) in [7, 11) is 0. The Kier molecular flexibility index (Phi) is 6.32. The normalized spacial score (nSPS) is 18.3. The molecule has 2 fully saturated rings. The Morgan fingerprint density at radius 1 is 0.889 bits per heavy atom. The monoisotopic (exact) mass is 373 g/mol. The molecule has 7 heteroatoms. The minimum atomic E-state index is -0.0418. The summed E-state index contributed by atoms with van der Waals surface area (Å²) in [6.07, 6.45) is 1.37. The lowest BCUT2D eigenvalue weighted by molar-refractivity contribution is -0.144. The molecule has 0 unspecified atom stereocenters. The summed E-state index contributed by atoms with van der Waals surface area (Å²) in [5.41, 5.74) is 0. The van der Waals surface area contributed by atoms with Gasteiger partial charge >= 0.3 is 0 Å². The minimum Gasteiger partial charge on any atom is -0.484 e. The number of piperazine rings is 1. The quantitative estimate of drug-likeness (QED) is 0.789. The van der Waals surface area contributed by atoms with Gasteiger partial charge in [-0.3, -0.25) is 14.4 Å². The molecule has 7 nitrogen and oxygen atoms in total. The Morgan fingerprint density at radius 3 is 2.07 bits per heavy atom. The number of rotatable bonds is 4. The first kappa shape index (κ1) is 19.2. The molecular formula is C20H27N3O4. The van der Waals surface area contributed by atoms with Crippen LogP contribution in [0.2, 0.25) is 0 Å². The summed E-state index contributed by atoms with van der Waals surface area (Å²) in [4.78, 5) is 41.8. The van der Waals surface area contributed by atoms with Crippen LogP contribution < -0.4 is 4.74 Å². The van der Waals surface area contributed by atoms with Crippen molar-refractivity contribution in [2.75, 3.05) is 45.9 Å². The van der Waals surface area contributed by atoms with E-state index in [0.29, 0.717) is 57.9 Å². The van der Waals surface area contributed by atoms with Crippen molar-refractivity contribution in [3.8, 4) is 5.75 Å². The zero-order valence-corrected chi connectivity index (χ0v) is 15.8. The summed E-state index contributed by atoms with van der Waals surface area (Å²) >= 11 is 0. The number of likely N-dealkylation sites (tertiary alicyclic amines) is 1. The maximum Gasteiger partial charge on any atom is 0.260 e. The lowest BCUT2D eigenvalue weighted by Crippen LogP contribution is -2.53. The number of hydrogen-bond acceptors (Lipinski definition) is 4. The third kappa shape index (κ3) is 4.99. The van der Waals surface area contributed by atoms with E-state index in [0.717, 1.165) is 0 Å². The number of carbonyl (C=O) groups is 3. The van der Waals surface area contributed by atoms with E-state index in [1.54, 1.807) is 16.7 Å². The summed E-state index contributed by atoms with van der Waals surface area (Å²) in [5.74, 6) is 0.825. The second-order valence-corrected chi connectivity index (χ2v) is 7.09. The number of carbonyl (C=O) groups excluding carboxylic acids is 3. The summed E-state index contributed by atoms with van der Waals surface area (Å²) < 4.78 is 5.52. The van der Waals surface area contributed by atoms with Gasteiger partial charge in [0.1, 0.15) is 5.75 Å². The topological polar surface area (TPSA) is 70.2 Å². The van der Waals surface area contributed by atoms with Crippen LogP contribution in [0.5, 0.6) is 5.75 Å². The molecule has 0 bridgehead atoms. The molecule has 0 radical (unpaired) electrons. The Morgan fingerprint density at radius 2 is 1.48 bits per heavy atom. The molecule has 3 rings (SSSR count). The van der Waals surface area contributed by atoms with Crippen LogP contribution >= 0.6 is 0 Å². The molecule has 1 aromatic rings. The molecule has 2 heterocycles. The van der Waals surface area contributed by atoms with E-state index in [4.69, 9.17) is 4.74 Å². The second kappa shape index (κ2) is 8.88. The van der Waals surface area contributed by atoms with E-state index in [-0.39, 0.29) is 30.2 Å². The van der Waals surface area contributed by atoms with E-state index >= 15 is 0 Å². The molecule has 146 valence electrons. The number of nitrogens with zero attached hydrogens (tertiary/aromatic N) is 3. The molecule has 0 N–H and O–H groups in total. The van der Waals surface area contributed by atoms with Crippen LogP contribution in [-0.2, 0) is 14.4 Å². The third-order valence-corrected chi connectivity index (χ3v) is 5.34. The van der Waals surface area contributed by atoms with Gasteiger partial charge in [-0.25, -0.2) is 0 Å². The first-order chi connectivity index (χ1) is 13.0. The molecule has 0 aromatic heterocycles. The average Bonchev–Trinajstić information content (AvgIpc) is 2.72. The van der Waals surface area contributed by atoms with E-state index < -0.39 is 0 Å². The number of piperidine rings is 1. The van der Waals surface area contributed by atoms with Crippen molar-refractivity contribution in [3.05, 3.63) is 30.3 Å². The van der Waals surface area contributed by atoms with Gasteiger partial charge in [0.15, 0.2) is 6.61 Å². The lowest BCUT2D eigenvalue weighted by Gasteiger charge is -2.38. The van der Waals surface area contributed by atoms with Crippen LogP contribution in [0, 0.1) is 5.92 Å². The van der Waals surface area contributed by atoms with Crippen LogP contribution in [-0.4, -0.2) is 78.3 Å². The van der Waals surface area contributed by atoms with Crippen molar-refractivity contribution in [3.63, 3.8) is 0 Å². The van der Waals surface area contributed by atoms with Gasteiger partial charge in [-0.1, -0.05) is 18.2 Å². The molecule has 0 saturated carbocycles. The molecule has 0 atom stereocenters. The number of para-hydroxylation sites is 1. The largest absolute Gasteiger partial charge is 0.484 e. The molecule has 27 heavy (non-hydrogen) atoms. The van der Waals surface area contributed by atoms with Crippen molar-refractivity contribution in [2.24, 2.45) is 5.92 Å². The number of amides is 3. The van der Waals surface area contributed by atoms with Gasteiger partial charge in [0.25, 0.3) is 5.91 Å². The molecule has 0 spiro atoms. The Hall–Kier alpha value is -2.57. The van der Waals surface area contributed by atoms with Crippen molar-refractivity contribution < 1.29 is 19.1 Å². The van der Waals surface area contributed by atoms with Gasteiger partial charge < -0.3 is 19.4 Å². The maximum atomic E-state index is 12.7. The van der Waals surface area contributed by atoms with Crippen LogP contribution in [0.1, 0.15) is 19.8 Å². The highest BCUT2D eigenvalue weighted by atomic mass is 16.5.